The molecular formula is C18H18BrN3O2. The first-order valence-electron chi connectivity index (χ1n) is 7.84. The third-order valence-electron chi connectivity index (χ3n) is 4.23. The maximum Gasteiger partial charge on any atom is 0.313 e. The van der Waals surface area contributed by atoms with Crippen LogP contribution in [0.3, 0.4) is 0 Å². The van der Waals surface area contributed by atoms with Crippen LogP contribution >= 0.6 is 15.9 Å². The number of carbonyl (C=O) groups is 2. The molecule has 0 aliphatic carbocycles. The van der Waals surface area contributed by atoms with Crippen LogP contribution in [0, 0.1) is 6.92 Å². The van der Waals surface area contributed by atoms with Gasteiger partial charge in [0.25, 0.3) is 0 Å². The normalized spacial score (nSPS) is 16.9. The summed E-state index contributed by atoms with van der Waals surface area (Å²) < 4.78 is 0.967. The van der Waals surface area contributed by atoms with Gasteiger partial charge in [-0.1, -0.05) is 28.1 Å². The van der Waals surface area contributed by atoms with Crippen molar-refractivity contribution in [2.75, 3.05) is 11.9 Å². The van der Waals surface area contributed by atoms with Gasteiger partial charge in [-0.2, -0.15) is 0 Å². The van der Waals surface area contributed by atoms with Gasteiger partial charge in [-0.25, -0.2) is 0 Å². The van der Waals surface area contributed by atoms with E-state index in [9.17, 15) is 9.59 Å². The fraction of sp³-hybridized carbons (Fsp3) is 0.278. The van der Waals surface area contributed by atoms with Gasteiger partial charge in [0.15, 0.2) is 0 Å². The van der Waals surface area contributed by atoms with Crippen molar-refractivity contribution in [3.05, 3.63) is 58.3 Å². The summed E-state index contributed by atoms with van der Waals surface area (Å²) in [5.41, 5.74) is 2.48. The Morgan fingerprint density at radius 3 is 2.92 bits per heavy atom. The van der Waals surface area contributed by atoms with Crippen LogP contribution < -0.4 is 5.32 Å². The highest BCUT2D eigenvalue weighted by atomic mass is 79.9. The number of pyridine rings is 1. The van der Waals surface area contributed by atoms with E-state index in [1.165, 1.54) is 0 Å². The summed E-state index contributed by atoms with van der Waals surface area (Å²) in [5.74, 6) is -1.12. The number of aryl methyl sites for hydroxylation is 1. The average molecular weight is 388 g/mol. The molecule has 1 saturated heterocycles. The average Bonchev–Trinajstić information content (AvgIpc) is 3.06. The SMILES string of the molecule is Cc1ccncc1NC(=O)C(=O)N1CCC[C@H]1c1cccc(Br)c1. The molecule has 0 unspecified atom stereocenters. The van der Waals surface area contributed by atoms with Crippen LogP contribution in [0.2, 0.25) is 0 Å². The van der Waals surface area contributed by atoms with E-state index >= 15 is 0 Å². The molecule has 124 valence electrons. The van der Waals surface area contributed by atoms with Crippen LogP contribution in [0.25, 0.3) is 0 Å². The quantitative estimate of drug-likeness (QED) is 0.802. The molecule has 0 radical (unpaired) electrons. The summed E-state index contributed by atoms with van der Waals surface area (Å²) >= 11 is 3.46. The second-order valence-corrected chi connectivity index (χ2v) is 6.77. The number of halogens is 1. The van der Waals surface area contributed by atoms with E-state index in [0.717, 1.165) is 28.4 Å². The summed E-state index contributed by atoms with van der Waals surface area (Å²) in [6.07, 6.45) is 4.95. The molecule has 3 rings (SSSR count). The molecule has 5 nitrogen and oxygen atoms in total. The predicted molar refractivity (Wildman–Crippen MR) is 95.4 cm³/mol. The van der Waals surface area contributed by atoms with Crippen LogP contribution in [0.15, 0.2) is 47.2 Å². The first-order chi connectivity index (χ1) is 11.6. The van der Waals surface area contributed by atoms with Crippen molar-refractivity contribution >= 4 is 33.4 Å². The van der Waals surface area contributed by atoms with Crippen LogP contribution in [0.1, 0.15) is 30.0 Å². The number of amides is 2. The Balaban J connectivity index is 1.76. The molecule has 1 fully saturated rings. The van der Waals surface area contributed by atoms with E-state index in [2.05, 4.69) is 26.2 Å². The minimum atomic E-state index is -0.618. The first kappa shape index (κ1) is 16.6. The summed E-state index contributed by atoms with van der Waals surface area (Å²) in [7, 11) is 0. The molecule has 1 atom stereocenters. The van der Waals surface area contributed by atoms with E-state index in [1.807, 2.05) is 31.2 Å². The summed E-state index contributed by atoms with van der Waals surface area (Å²) in [6, 6.07) is 9.61. The lowest BCUT2D eigenvalue weighted by Gasteiger charge is -2.24. The van der Waals surface area contributed by atoms with Gasteiger partial charge in [0, 0.05) is 17.2 Å². The van der Waals surface area contributed by atoms with Gasteiger partial charge in [0.2, 0.25) is 0 Å². The number of carbonyl (C=O) groups excluding carboxylic acids is 2. The Kier molecular flexibility index (Phi) is 4.94. The molecule has 1 aliphatic heterocycles. The number of aromatic nitrogens is 1. The monoisotopic (exact) mass is 387 g/mol. The highest BCUT2D eigenvalue weighted by Crippen LogP contribution is 2.33. The van der Waals surface area contributed by atoms with Gasteiger partial charge in [-0.3, -0.25) is 14.6 Å². The van der Waals surface area contributed by atoms with Crippen LogP contribution in [-0.4, -0.2) is 28.2 Å². The van der Waals surface area contributed by atoms with Crippen molar-refractivity contribution in [3.8, 4) is 0 Å². The van der Waals surface area contributed by atoms with Crippen molar-refractivity contribution in [1.29, 1.82) is 0 Å². The molecular weight excluding hydrogens is 370 g/mol. The molecule has 6 heteroatoms. The Bertz CT molecular complexity index is 778. The van der Waals surface area contributed by atoms with E-state index < -0.39 is 11.8 Å². The Hall–Kier alpha value is -2.21. The molecule has 0 spiro atoms. The first-order valence-corrected chi connectivity index (χ1v) is 8.63. The highest BCUT2D eigenvalue weighted by Gasteiger charge is 2.33. The van der Waals surface area contributed by atoms with Gasteiger partial charge in [0.05, 0.1) is 17.9 Å². The van der Waals surface area contributed by atoms with Crippen molar-refractivity contribution in [1.82, 2.24) is 9.88 Å². The van der Waals surface area contributed by atoms with Crippen molar-refractivity contribution < 1.29 is 9.59 Å². The smallest absolute Gasteiger partial charge is 0.313 e. The molecule has 2 heterocycles. The minimum absolute atomic E-state index is 0.0595. The lowest BCUT2D eigenvalue weighted by molar-refractivity contribution is -0.143. The van der Waals surface area contributed by atoms with E-state index in [1.54, 1.807) is 23.4 Å². The van der Waals surface area contributed by atoms with E-state index in [0.29, 0.717) is 12.2 Å². The number of benzene rings is 1. The number of rotatable bonds is 2. The third kappa shape index (κ3) is 3.48. The van der Waals surface area contributed by atoms with Gasteiger partial charge in [-0.05, 0) is 49.1 Å². The molecule has 1 N–H and O–H groups in total. The molecule has 24 heavy (non-hydrogen) atoms. The summed E-state index contributed by atoms with van der Waals surface area (Å²) in [5, 5.41) is 2.67. The maximum atomic E-state index is 12.6. The lowest BCUT2D eigenvalue weighted by Crippen LogP contribution is -2.39. The van der Waals surface area contributed by atoms with Gasteiger partial charge in [-0.15, -0.1) is 0 Å². The number of hydrogen-bond donors (Lipinski definition) is 1. The minimum Gasteiger partial charge on any atom is -0.327 e. The van der Waals surface area contributed by atoms with Gasteiger partial charge in [0.1, 0.15) is 0 Å². The molecule has 0 saturated carbocycles. The lowest BCUT2D eigenvalue weighted by atomic mass is 10.0. The zero-order valence-corrected chi connectivity index (χ0v) is 14.9. The fourth-order valence-corrected chi connectivity index (χ4v) is 3.39. The van der Waals surface area contributed by atoms with E-state index in [4.69, 9.17) is 0 Å². The van der Waals surface area contributed by atoms with Crippen molar-refractivity contribution in [3.63, 3.8) is 0 Å². The second kappa shape index (κ2) is 7.13. The molecule has 1 aromatic heterocycles. The number of hydrogen-bond acceptors (Lipinski definition) is 3. The standard InChI is InChI=1S/C18H18BrN3O2/c1-12-7-8-20-11-15(12)21-17(23)18(24)22-9-3-6-16(22)13-4-2-5-14(19)10-13/h2,4-5,7-8,10-11,16H,3,6,9H2,1H3,(H,21,23)/t16-/m0/s1. The summed E-state index contributed by atoms with van der Waals surface area (Å²) in [4.78, 5) is 30.6. The van der Waals surface area contributed by atoms with Crippen LogP contribution in [0.5, 0.6) is 0 Å². The number of anilines is 1. The molecule has 1 aliphatic rings. The van der Waals surface area contributed by atoms with Crippen LogP contribution in [0.4, 0.5) is 5.69 Å². The Morgan fingerprint density at radius 1 is 1.33 bits per heavy atom. The van der Waals surface area contributed by atoms with E-state index in [-0.39, 0.29) is 6.04 Å². The maximum absolute atomic E-state index is 12.6. The molecule has 0 bridgehead atoms. The number of nitrogens with zero attached hydrogens (tertiary/aromatic N) is 2. The Morgan fingerprint density at radius 2 is 2.17 bits per heavy atom. The van der Waals surface area contributed by atoms with Crippen molar-refractivity contribution in [2.24, 2.45) is 0 Å². The third-order valence-corrected chi connectivity index (χ3v) is 4.72. The predicted octanol–water partition coefficient (Wildman–Crippen LogP) is 3.45. The zero-order chi connectivity index (χ0) is 17.1. The van der Waals surface area contributed by atoms with Crippen LogP contribution in [-0.2, 0) is 9.59 Å². The van der Waals surface area contributed by atoms with Crippen molar-refractivity contribution in [2.45, 2.75) is 25.8 Å². The zero-order valence-electron chi connectivity index (χ0n) is 13.3. The second-order valence-electron chi connectivity index (χ2n) is 5.86. The molecule has 2 aromatic rings. The van der Waals surface area contributed by atoms with Gasteiger partial charge >= 0.3 is 11.8 Å². The largest absolute Gasteiger partial charge is 0.327 e. The topological polar surface area (TPSA) is 62.3 Å². The Labute approximate surface area is 149 Å². The number of likely N-dealkylation sites (tertiary alicyclic amines) is 1. The highest BCUT2D eigenvalue weighted by molar-refractivity contribution is 9.10. The molecule has 1 aromatic carbocycles. The fourth-order valence-electron chi connectivity index (χ4n) is 2.97. The summed E-state index contributed by atoms with van der Waals surface area (Å²) in [6.45, 7) is 2.46. The molecule has 2 amide bonds. The van der Waals surface area contributed by atoms with Gasteiger partial charge < -0.3 is 10.2 Å². The number of nitrogens with one attached hydrogen (secondary N) is 1.